The molecule has 1 aromatic rings. The summed E-state index contributed by atoms with van der Waals surface area (Å²) in [5.74, 6) is 6.04. The topological polar surface area (TPSA) is 32.3 Å². The van der Waals surface area contributed by atoms with Gasteiger partial charge in [0.15, 0.2) is 0 Å². The molecule has 0 atom stereocenters. The predicted molar refractivity (Wildman–Crippen MR) is 71.9 cm³/mol. The lowest BCUT2D eigenvalue weighted by Gasteiger charge is -2.26. The van der Waals surface area contributed by atoms with Crippen LogP contribution < -0.4 is 5.32 Å². The lowest BCUT2D eigenvalue weighted by molar-refractivity contribution is -0.118. The average Bonchev–Trinajstić information content (AvgIpc) is 2.38. The Labute approximate surface area is 108 Å². The van der Waals surface area contributed by atoms with E-state index in [1.165, 1.54) is 18.1 Å². The summed E-state index contributed by atoms with van der Waals surface area (Å²) in [7, 11) is 0. The highest BCUT2D eigenvalue weighted by Gasteiger charge is 2.13. The normalized spacial score (nSPS) is 14.3. The van der Waals surface area contributed by atoms with E-state index in [4.69, 9.17) is 0 Å². The quantitative estimate of drug-likeness (QED) is 0.790. The van der Waals surface area contributed by atoms with Gasteiger partial charge in [0.1, 0.15) is 0 Å². The van der Waals surface area contributed by atoms with E-state index in [2.05, 4.69) is 46.3 Å². The number of rotatable bonds is 2. The van der Waals surface area contributed by atoms with Crippen LogP contribution in [-0.2, 0) is 17.8 Å². The summed E-state index contributed by atoms with van der Waals surface area (Å²) < 4.78 is 0. The molecule has 1 aliphatic heterocycles. The van der Waals surface area contributed by atoms with Gasteiger partial charge in [0.25, 0.3) is 0 Å². The third kappa shape index (κ3) is 3.61. The fourth-order valence-corrected chi connectivity index (χ4v) is 2.09. The molecule has 0 aliphatic carbocycles. The van der Waals surface area contributed by atoms with Gasteiger partial charge in [0, 0.05) is 20.0 Å². The van der Waals surface area contributed by atoms with Crippen molar-refractivity contribution >= 4 is 5.91 Å². The third-order valence-corrected chi connectivity index (χ3v) is 3.06. The number of carbonyl (C=O) groups is 1. The number of nitrogens with zero attached hydrogens (tertiary/aromatic N) is 1. The van der Waals surface area contributed by atoms with E-state index >= 15 is 0 Å². The average molecular weight is 242 g/mol. The molecule has 1 N–H and O–H groups in total. The van der Waals surface area contributed by atoms with Crippen LogP contribution in [0.1, 0.15) is 18.1 Å². The van der Waals surface area contributed by atoms with Gasteiger partial charge in [-0.3, -0.25) is 9.69 Å². The van der Waals surface area contributed by atoms with Crippen LogP contribution >= 0.6 is 0 Å². The van der Waals surface area contributed by atoms with Crippen molar-refractivity contribution in [1.29, 1.82) is 0 Å². The van der Waals surface area contributed by atoms with Gasteiger partial charge >= 0.3 is 0 Å². The number of nitrogens with one attached hydrogen (secondary N) is 1. The lowest BCUT2D eigenvalue weighted by Crippen LogP contribution is -2.30. The predicted octanol–water partition coefficient (Wildman–Crippen LogP) is 1.18. The van der Waals surface area contributed by atoms with Gasteiger partial charge in [-0.2, -0.15) is 0 Å². The second kappa shape index (κ2) is 6.23. The van der Waals surface area contributed by atoms with Gasteiger partial charge in [0.2, 0.25) is 5.91 Å². The van der Waals surface area contributed by atoms with Gasteiger partial charge in [-0.05, 0) is 17.5 Å². The second-order valence-electron chi connectivity index (χ2n) is 4.49. The molecule has 0 unspecified atom stereocenters. The van der Waals surface area contributed by atoms with Gasteiger partial charge in [-0.15, -0.1) is 0 Å². The van der Waals surface area contributed by atoms with Crippen LogP contribution in [-0.4, -0.2) is 30.4 Å². The molecule has 1 aliphatic rings. The summed E-state index contributed by atoms with van der Waals surface area (Å²) in [6, 6.07) is 8.58. The molecular formula is C15H18N2O. The van der Waals surface area contributed by atoms with Crippen molar-refractivity contribution in [1.82, 2.24) is 10.2 Å². The smallest absolute Gasteiger partial charge is 0.217 e. The van der Waals surface area contributed by atoms with Crippen LogP contribution in [0.15, 0.2) is 24.3 Å². The highest BCUT2D eigenvalue weighted by Crippen LogP contribution is 2.17. The van der Waals surface area contributed by atoms with Crippen LogP contribution in [0.3, 0.4) is 0 Å². The van der Waals surface area contributed by atoms with E-state index in [-0.39, 0.29) is 5.91 Å². The SMILES string of the molecule is CC(=O)NCC#CCN1CCc2ccccc2C1. The van der Waals surface area contributed by atoms with E-state index in [1.54, 1.807) is 0 Å². The second-order valence-corrected chi connectivity index (χ2v) is 4.49. The number of carbonyl (C=O) groups excluding carboxylic acids is 1. The zero-order valence-corrected chi connectivity index (χ0v) is 10.7. The minimum absolute atomic E-state index is 0.0313. The van der Waals surface area contributed by atoms with Gasteiger partial charge in [-0.25, -0.2) is 0 Å². The van der Waals surface area contributed by atoms with Crippen LogP contribution in [0.2, 0.25) is 0 Å². The van der Waals surface area contributed by atoms with Crippen molar-refractivity contribution < 1.29 is 4.79 Å². The Morgan fingerprint density at radius 1 is 1.33 bits per heavy atom. The van der Waals surface area contributed by atoms with Crippen molar-refractivity contribution in [2.75, 3.05) is 19.6 Å². The molecule has 0 aromatic heterocycles. The fourth-order valence-electron chi connectivity index (χ4n) is 2.09. The fraction of sp³-hybridized carbons (Fsp3) is 0.400. The maximum absolute atomic E-state index is 10.7. The molecule has 18 heavy (non-hydrogen) atoms. The van der Waals surface area contributed by atoms with Crippen LogP contribution in [0.25, 0.3) is 0 Å². The molecule has 1 amide bonds. The monoisotopic (exact) mass is 242 g/mol. The van der Waals surface area contributed by atoms with Crippen LogP contribution in [0.4, 0.5) is 0 Å². The highest BCUT2D eigenvalue weighted by molar-refractivity contribution is 5.73. The van der Waals surface area contributed by atoms with Crippen molar-refractivity contribution in [2.45, 2.75) is 19.9 Å². The van der Waals surface area contributed by atoms with Gasteiger partial charge < -0.3 is 5.32 Å². The molecule has 0 saturated carbocycles. The number of hydrogen-bond acceptors (Lipinski definition) is 2. The Kier molecular flexibility index (Phi) is 4.38. The first kappa shape index (κ1) is 12.7. The number of fused-ring (bicyclic) bond motifs is 1. The first-order valence-corrected chi connectivity index (χ1v) is 6.25. The standard InChI is InChI=1S/C15H18N2O/c1-13(18)16-9-4-5-10-17-11-8-14-6-2-3-7-15(14)12-17/h2-3,6-7H,8-12H2,1H3,(H,16,18). The molecule has 2 rings (SSSR count). The van der Waals surface area contributed by atoms with Crippen molar-refractivity contribution in [3.63, 3.8) is 0 Å². The largest absolute Gasteiger partial charge is 0.345 e. The third-order valence-electron chi connectivity index (χ3n) is 3.06. The number of hydrogen-bond donors (Lipinski definition) is 1. The van der Waals surface area contributed by atoms with E-state index in [1.807, 2.05) is 0 Å². The summed E-state index contributed by atoms with van der Waals surface area (Å²) in [5.41, 5.74) is 2.87. The first-order chi connectivity index (χ1) is 8.75. The maximum atomic E-state index is 10.7. The maximum Gasteiger partial charge on any atom is 0.217 e. The van der Waals surface area contributed by atoms with Crippen molar-refractivity contribution in [3.05, 3.63) is 35.4 Å². The molecule has 0 bridgehead atoms. The molecule has 3 heteroatoms. The van der Waals surface area contributed by atoms with E-state index in [9.17, 15) is 4.79 Å². The Morgan fingerprint density at radius 2 is 2.11 bits per heavy atom. The number of amides is 1. The van der Waals surface area contributed by atoms with Gasteiger partial charge in [0.05, 0.1) is 13.1 Å². The number of benzene rings is 1. The summed E-state index contributed by atoms with van der Waals surface area (Å²) in [4.78, 5) is 13.0. The minimum Gasteiger partial charge on any atom is -0.345 e. The zero-order valence-electron chi connectivity index (χ0n) is 10.7. The minimum atomic E-state index is -0.0313. The van der Waals surface area contributed by atoms with Crippen LogP contribution in [0.5, 0.6) is 0 Å². The van der Waals surface area contributed by atoms with Crippen molar-refractivity contribution in [3.8, 4) is 11.8 Å². The Balaban J connectivity index is 1.81. The highest BCUT2D eigenvalue weighted by atomic mass is 16.1. The summed E-state index contributed by atoms with van der Waals surface area (Å²) in [5, 5.41) is 2.67. The molecule has 0 spiro atoms. The summed E-state index contributed by atoms with van der Waals surface area (Å²) in [6.45, 7) is 4.76. The molecule has 3 nitrogen and oxygen atoms in total. The molecule has 0 fully saturated rings. The Morgan fingerprint density at radius 3 is 2.89 bits per heavy atom. The molecule has 1 aromatic carbocycles. The zero-order chi connectivity index (χ0) is 12.8. The molecular weight excluding hydrogens is 224 g/mol. The Bertz CT molecular complexity index is 485. The Hall–Kier alpha value is -1.79. The summed E-state index contributed by atoms with van der Waals surface area (Å²) >= 11 is 0. The van der Waals surface area contributed by atoms with E-state index < -0.39 is 0 Å². The van der Waals surface area contributed by atoms with Gasteiger partial charge in [-0.1, -0.05) is 36.1 Å². The lowest BCUT2D eigenvalue weighted by atomic mass is 10.0. The molecule has 0 radical (unpaired) electrons. The summed E-state index contributed by atoms with van der Waals surface area (Å²) in [6.07, 6.45) is 1.10. The first-order valence-electron chi connectivity index (χ1n) is 6.25. The van der Waals surface area contributed by atoms with E-state index in [0.717, 1.165) is 26.1 Å². The molecule has 94 valence electrons. The van der Waals surface area contributed by atoms with Crippen LogP contribution in [0, 0.1) is 11.8 Å². The molecule has 0 saturated heterocycles. The molecule has 1 heterocycles. The van der Waals surface area contributed by atoms with Crippen molar-refractivity contribution in [2.24, 2.45) is 0 Å². The van der Waals surface area contributed by atoms with E-state index in [0.29, 0.717) is 6.54 Å².